The Bertz CT molecular complexity index is 107. The van der Waals surface area contributed by atoms with Gasteiger partial charge < -0.3 is 9.47 Å². The molecule has 0 bridgehead atoms. The number of hydrogen-bond donors (Lipinski definition) is 0. The van der Waals surface area contributed by atoms with Gasteiger partial charge >= 0.3 is 5.97 Å². The molecule has 0 atom stereocenters. The molecule has 0 aliphatic heterocycles. The van der Waals surface area contributed by atoms with Crippen LogP contribution < -0.4 is 0 Å². The van der Waals surface area contributed by atoms with Crippen LogP contribution in [-0.2, 0) is 14.3 Å². The highest BCUT2D eigenvalue weighted by Gasteiger charge is 1.92. The minimum atomic E-state index is -0.261. The average Bonchev–Trinajstić information content (AvgIpc) is 1.89. The highest BCUT2D eigenvalue weighted by molar-refractivity contribution is 5.70. The molecule has 0 aliphatic carbocycles. The van der Waals surface area contributed by atoms with Gasteiger partial charge in [-0.3, -0.25) is 4.79 Å². The summed E-state index contributed by atoms with van der Waals surface area (Å²) < 4.78 is 8.90. The lowest BCUT2D eigenvalue weighted by molar-refractivity contribution is -0.139. The summed E-state index contributed by atoms with van der Waals surface area (Å²) in [5.41, 5.74) is 0. The first-order chi connectivity index (χ1) is 4.31. The molecule has 0 aliphatic rings. The minimum absolute atomic E-state index is 0.261. The lowest BCUT2D eigenvalue weighted by Gasteiger charge is -1.90. The Morgan fingerprint density at radius 3 is 2.67 bits per heavy atom. The van der Waals surface area contributed by atoms with Gasteiger partial charge in [0.2, 0.25) is 0 Å². The maximum Gasteiger partial charge on any atom is 0.309 e. The monoisotopic (exact) mass is 130 g/mol. The predicted octanol–water partition coefficient (Wildman–Crippen LogP) is 0.710. The van der Waals surface area contributed by atoms with Crippen LogP contribution in [0, 0.1) is 0 Å². The zero-order valence-corrected chi connectivity index (χ0v) is 5.59. The molecule has 0 aromatic carbocycles. The lowest BCUT2D eigenvalue weighted by Crippen LogP contribution is -1.96. The van der Waals surface area contributed by atoms with E-state index in [2.05, 4.69) is 9.47 Å². The van der Waals surface area contributed by atoms with Crippen LogP contribution in [0.1, 0.15) is 6.42 Å². The number of carbonyl (C=O) groups excluding carboxylic acids is 1. The lowest BCUT2D eigenvalue weighted by atomic mass is 10.4. The molecule has 52 valence electrons. The highest BCUT2D eigenvalue weighted by atomic mass is 16.5. The molecule has 0 aromatic rings. The van der Waals surface area contributed by atoms with Crippen LogP contribution >= 0.6 is 0 Å². The van der Waals surface area contributed by atoms with Gasteiger partial charge in [0.25, 0.3) is 0 Å². The van der Waals surface area contributed by atoms with Crippen LogP contribution in [0.3, 0.4) is 0 Å². The smallest absolute Gasteiger partial charge is 0.309 e. The van der Waals surface area contributed by atoms with E-state index in [0.29, 0.717) is 0 Å². The van der Waals surface area contributed by atoms with Crippen molar-refractivity contribution in [3.63, 3.8) is 0 Å². The van der Waals surface area contributed by atoms with Gasteiger partial charge in [-0.25, -0.2) is 0 Å². The van der Waals surface area contributed by atoms with Gasteiger partial charge in [0.15, 0.2) is 0 Å². The fraction of sp³-hybridized carbons (Fsp3) is 0.500. The second-order valence-electron chi connectivity index (χ2n) is 1.39. The summed E-state index contributed by atoms with van der Waals surface area (Å²) in [5.74, 6) is -0.261. The molecule has 0 heterocycles. The van der Waals surface area contributed by atoms with Gasteiger partial charge in [0.05, 0.1) is 26.9 Å². The predicted molar refractivity (Wildman–Crippen MR) is 32.8 cm³/mol. The number of methoxy groups -OCH3 is 2. The quantitative estimate of drug-likeness (QED) is 0.417. The second-order valence-corrected chi connectivity index (χ2v) is 1.39. The van der Waals surface area contributed by atoms with E-state index in [0.717, 1.165) is 0 Å². The van der Waals surface area contributed by atoms with Crippen molar-refractivity contribution < 1.29 is 14.3 Å². The molecule has 0 amide bonds. The number of rotatable bonds is 3. The van der Waals surface area contributed by atoms with Crippen molar-refractivity contribution in [2.45, 2.75) is 6.42 Å². The Labute approximate surface area is 54.3 Å². The molecule has 3 nitrogen and oxygen atoms in total. The van der Waals surface area contributed by atoms with Gasteiger partial charge in [0, 0.05) is 0 Å². The van der Waals surface area contributed by atoms with Crippen molar-refractivity contribution in [1.29, 1.82) is 0 Å². The maximum atomic E-state index is 10.4. The molecular weight excluding hydrogens is 120 g/mol. The van der Waals surface area contributed by atoms with E-state index in [1.54, 1.807) is 6.08 Å². The first kappa shape index (κ1) is 8.01. The summed E-state index contributed by atoms with van der Waals surface area (Å²) in [4.78, 5) is 10.4. The van der Waals surface area contributed by atoms with E-state index in [9.17, 15) is 4.79 Å². The van der Waals surface area contributed by atoms with Gasteiger partial charge in [-0.1, -0.05) is 0 Å². The summed E-state index contributed by atoms with van der Waals surface area (Å²) in [7, 11) is 2.87. The third kappa shape index (κ3) is 4.87. The molecule has 0 N–H and O–H groups in total. The fourth-order valence-corrected chi connectivity index (χ4v) is 0.324. The SMILES string of the molecule is CO/C=C\CC(=O)OC. The molecule has 0 rings (SSSR count). The van der Waals surface area contributed by atoms with Crippen molar-refractivity contribution in [3.8, 4) is 0 Å². The van der Waals surface area contributed by atoms with Crippen molar-refractivity contribution >= 4 is 5.97 Å². The highest BCUT2D eigenvalue weighted by Crippen LogP contribution is 1.85. The molecule has 0 saturated heterocycles. The summed E-state index contributed by atoms with van der Waals surface area (Å²) in [6.07, 6.45) is 3.30. The van der Waals surface area contributed by atoms with Crippen LogP contribution in [0.4, 0.5) is 0 Å². The number of esters is 1. The molecular formula is C6H10O3. The standard InChI is InChI=1S/C6H10O3/c1-8-5-3-4-6(7)9-2/h3,5H,4H2,1-2H3/b5-3-. The van der Waals surface area contributed by atoms with Crippen LogP contribution in [0.15, 0.2) is 12.3 Å². The molecule has 0 unspecified atom stereocenters. The normalized spacial score (nSPS) is 9.56. The Balaban J connectivity index is 3.26. The van der Waals surface area contributed by atoms with E-state index in [-0.39, 0.29) is 12.4 Å². The molecule has 9 heavy (non-hydrogen) atoms. The molecule has 0 spiro atoms. The molecule has 0 aromatic heterocycles. The van der Waals surface area contributed by atoms with E-state index < -0.39 is 0 Å². The Morgan fingerprint density at radius 2 is 2.22 bits per heavy atom. The van der Waals surface area contributed by atoms with Crippen LogP contribution in [0.25, 0.3) is 0 Å². The molecule has 3 heteroatoms. The van der Waals surface area contributed by atoms with Crippen molar-refractivity contribution in [3.05, 3.63) is 12.3 Å². The summed E-state index contributed by atoms with van der Waals surface area (Å²) >= 11 is 0. The fourth-order valence-electron chi connectivity index (χ4n) is 0.324. The minimum Gasteiger partial charge on any atom is -0.505 e. The number of ether oxygens (including phenoxy) is 2. The largest absolute Gasteiger partial charge is 0.505 e. The van der Waals surface area contributed by atoms with Gasteiger partial charge in [0.1, 0.15) is 0 Å². The van der Waals surface area contributed by atoms with E-state index in [1.807, 2.05) is 0 Å². The van der Waals surface area contributed by atoms with Crippen LogP contribution in [0.2, 0.25) is 0 Å². The maximum absolute atomic E-state index is 10.4. The van der Waals surface area contributed by atoms with Gasteiger partial charge in [-0.15, -0.1) is 0 Å². The summed E-state index contributed by atoms with van der Waals surface area (Å²) in [5, 5.41) is 0. The molecule has 0 saturated carbocycles. The van der Waals surface area contributed by atoms with E-state index in [1.165, 1.54) is 20.5 Å². The third-order valence-electron chi connectivity index (χ3n) is 0.744. The van der Waals surface area contributed by atoms with E-state index >= 15 is 0 Å². The topological polar surface area (TPSA) is 35.5 Å². The average molecular weight is 130 g/mol. The molecule has 0 fully saturated rings. The Hall–Kier alpha value is -0.990. The summed E-state index contributed by atoms with van der Waals surface area (Å²) in [6.45, 7) is 0. The van der Waals surface area contributed by atoms with Crippen molar-refractivity contribution in [2.75, 3.05) is 14.2 Å². The second kappa shape index (κ2) is 5.15. The number of hydrogen-bond acceptors (Lipinski definition) is 3. The van der Waals surface area contributed by atoms with E-state index in [4.69, 9.17) is 0 Å². The van der Waals surface area contributed by atoms with Crippen molar-refractivity contribution in [1.82, 2.24) is 0 Å². The first-order valence-corrected chi connectivity index (χ1v) is 2.56. The molecule has 0 radical (unpaired) electrons. The summed E-state index contributed by atoms with van der Waals surface area (Å²) in [6, 6.07) is 0. The van der Waals surface area contributed by atoms with Crippen LogP contribution in [0.5, 0.6) is 0 Å². The number of carbonyl (C=O) groups is 1. The first-order valence-electron chi connectivity index (χ1n) is 2.56. The van der Waals surface area contributed by atoms with Crippen molar-refractivity contribution in [2.24, 2.45) is 0 Å². The Kier molecular flexibility index (Phi) is 4.59. The third-order valence-corrected chi connectivity index (χ3v) is 0.744. The Morgan fingerprint density at radius 1 is 1.56 bits per heavy atom. The van der Waals surface area contributed by atoms with Gasteiger partial charge in [-0.05, 0) is 6.08 Å². The zero-order valence-electron chi connectivity index (χ0n) is 5.59. The zero-order chi connectivity index (χ0) is 7.11. The van der Waals surface area contributed by atoms with Crippen LogP contribution in [-0.4, -0.2) is 20.2 Å². The van der Waals surface area contributed by atoms with Gasteiger partial charge in [-0.2, -0.15) is 0 Å².